The Hall–Kier alpha value is -1.16. The molecule has 0 aromatic heterocycles. The summed E-state index contributed by atoms with van der Waals surface area (Å²) in [5, 5.41) is 0. The minimum atomic E-state index is -5.55. The first kappa shape index (κ1) is 26.1. The number of Topliss-reactive ketones (excluding diaryl/α,β-unsaturated/α-hetero) is 1. The van der Waals surface area contributed by atoms with Gasteiger partial charge in [-0.2, -0.15) is 13.2 Å². The van der Waals surface area contributed by atoms with Crippen LogP contribution in [0.1, 0.15) is 83.5 Å². The number of nitrogens with one attached hydrogen (secondary N) is 1. The molecule has 0 aliphatic heterocycles. The number of halogens is 3. The van der Waals surface area contributed by atoms with Crippen molar-refractivity contribution in [2.75, 3.05) is 13.2 Å². The fraction of sp³-hybridized carbons (Fsp3) is 0.926. The van der Waals surface area contributed by atoms with Crippen molar-refractivity contribution in [2.24, 2.45) is 52.3 Å². The molecule has 10 heteroatoms. The third kappa shape index (κ3) is 4.76. The number of sulfonamides is 1. The van der Waals surface area contributed by atoms with Gasteiger partial charge in [0.2, 0.25) is 0 Å². The number of ketones is 1. The minimum absolute atomic E-state index is 0.00802. The number of ether oxygens (including phenoxy) is 1. The summed E-state index contributed by atoms with van der Waals surface area (Å²) in [5.41, 5.74) is -6.40. The van der Waals surface area contributed by atoms with Crippen LogP contribution in [-0.4, -0.2) is 38.8 Å². The Morgan fingerprint density at radius 2 is 1.19 bits per heavy atom. The normalized spacial score (nSPS) is 42.7. The molecule has 8 fully saturated rings. The predicted molar refractivity (Wildman–Crippen MR) is 128 cm³/mol. The molecule has 8 aliphatic carbocycles. The first-order valence-corrected chi connectivity index (χ1v) is 15.6. The van der Waals surface area contributed by atoms with Crippen LogP contribution in [0.3, 0.4) is 0 Å². The summed E-state index contributed by atoms with van der Waals surface area (Å²) in [5.74, 6) is 2.08. The summed E-state index contributed by atoms with van der Waals surface area (Å²) in [7, 11) is -5.55. The van der Waals surface area contributed by atoms with Crippen molar-refractivity contribution in [2.45, 2.75) is 89.0 Å². The minimum Gasteiger partial charge on any atom is -0.465 e. The second-order valence-electron chi connectivity index (χ2n) is 13.8. The van der Waals surface area contributed by atoms with Crippen molar-refractivity contribution in [1.82, 2.24) is 4.72 Å². The van der Waals surface area contributed by atoms with E-state index in [0.29, 0.717) is 35.5 Å². The lowest BCUT2D eigenvalue weighted by molar-refractivity contribution is -0.173. The highest BCUT2D eigenvalue weighted by molar-refractivity contribution is 7.90. The van der Waals surface area contributed by atoms with Crippen LogP contribution in [0.25, 0.3) is 0 Å². The Bertz CT molecular complexity index is 984. The van der Waals surface area contributed by atoms with Crippen LogP contribution in [0.2, 0.25) is 0 Å². The Morgan fingerprint density at radius 3 is 1.59 bits per heavy atom. The van der Waals surface area contributed by atoms with Crippen molar-refractivity contribution in [1.29, 1.82) is 0 Å². The highest BCUT2D eigenvalue weighted by atomic mass is 32.2. The Kier molecular flexibility index (Phi) is 6.30. The maximum atomic E-state index is 13.7. The first-order chi connectivity index (χ1) is 17.3. The summed E-state index contributed by atoms with van der Waals surface area (Å²) in [6.45, 7) is -0.812. The molecule has 1 unspecified atom stereocenters. The lowest BCUT2D eigenvalue weighted by Crippen LogP contribution is -2.51. The maximum Gasteiger partial charge on any atom is 0.511 e. The van der Waals surface area contributed by atoms with Crippen molar-refractivity contribution < 1.29 is 35.9 Å². The second-order valence-corrected chi connectivity index (χ2v) is 15.5. The molecular formula is C27H38F3NO5S. The maximum absolute atomic E-state index is 13.7. The van der Waals surface area contributed by atoms with E-state index in [1.165, 1.54) is 0 Å². The van der Waals surface area contributed by atoms with Crippen molar-refractivity contribution >= 4 is 21.8 Å². The van der Waals surface area contributed by atoms with Gasteiger partial charge >= 0.3 is 21.5 Å². The Labute approximate surface area is 216 Å². The lowest BCUT2D eigenvalue weighted by Gasteiger charge is -2.56. The molecule has 8 bridgehead atoms. The molecule has 0 amide bonds. The van der Waals surface area contributed by atoms with Gasteiger partial charge in [0.15, 0.2) is 0 Å². The molecule has 0 saturated heterocycles. The van der Waals surface area contributed by atoms with Gasteiger partial charge in [-0.1, -0.05) is 0 Å². The average Bonchev–Trinajstić information content (AvgIpc) is 2.78. The van der Waals surface area contributed by atoms with Crippen LogP contribution in [0.15, 0.2) is 0 Å². The van der Waals surface area contributed by atoms with Crippen LogP contribution in [0, 0.1) is 52.3 Å². The van der Waals surface area contributed by atoms with Gasteiger partial charge in [0, 0.05) is 24.3 Å². The van der Waals surface area contributed by atoms with E-state index in [-0.39, 0.29) is 24.8 Å². The van der Waals surface area contributed by atoms with Crippen molar-refractivity contribution in [3.8, 4) is 0 Å². The largest absolute Gasteiger partial charge is 0.511 e. The summed E-state index contributed by atoms with van der Waals surface area (Å²) in [6.07, 6.45) is 11.8. The zero-order chi connectivity index (χ0) is 26.2. The zero-order valence-corrected chi connectivity index (χ0v) is 22.0. The molecule has 1 N–H and O–H groups in total. The monoisotopic (exact) mass is 545 g/mol. The van der Waals surface area contributed by atoms with E-state index in [2.05, 4.69) is 0 Å². The summed E-state index contributed by atoms with van der Waals surface area (Å²) in [6, 6.07) is 0. The molecule has 1 atom stereocenters. The quantitative estimate of drug-likeness (QED) is 0.413. The number of rotatable bonds is 9. The molecule has 0 radical (unpaired) electrons. The van der Waals surface area contributed by atoms with Gasteiger partial charge in [-0.25, -0.2) is 13.1 Å². The molecule has 8 aliphatic rings. The number of alkyl halides is 3. The standard InChI is InChI=1S/C27H38F3NO5S/c28-27(29,30)37(34,35)31-14-22(7-23(32)25-8-16-1-17(9-25)3-18(2-16)10-25)15-36-24(33)26-11-19-4-20(12-26)6-21(5-19)13-26/h16-22,31H,1-15H2. The third-order valence-corrected chi connectivity index (χ3v) is 12.0. The third-order valence-electron chi connectivity index (χ3n) is 10.9. The Morgan fingerprint density at radius 1 is 0.784 bits per heavy atom. The number of carbonyl (C=O) groups excluding carboxylic acids is 2. The van der Waals surface area contributed by atoms with E-state index >= 15 is 0 Å². The fourth-order valence-electron chi connectivity index (χ4n) is 10.1. The Balaban J connectivity index is 1.14. The van der Waals surface area contributed by atoms with Crippen molar-refractivity contribution in [3.63, 3.8) is 0 Å². The summed E-state index contributed by atoms with van der Waals surface area (Å²) in [4.78, 5) is 27.0. The van der Waals surface area contributed by atoms with E-state index < -0.39 is 38.8 Å². The molecule has 0 aromatic rings. The van der Waals surface area contributed by atoms with Gasteiger partial charge in [0.25, 0.3) is 0 Å². The van der Waals surface area contributed by atoms with Crippen LogP contribution >= 0.6 is 0 Å². The molecular weight excluding hydrogens is 507 g/mol. The lowest BCUT2D eigenvalue weighted by atomic mass is 9.48. The van der Waals surface area contributed by atoms with E-state index in [4.69, 9.17) is 4.74 Å². The summed E-state index contributed by atoms with van der Waals surface area (Å²) < 4.78 is 69.8. The molecule has 208 valence electrons. The smallest absolute Gasteiger partial charge is 0.465 e. The summed E-state index contributed by atoms with van der Waals surface area (Å²) >= 11 is 0. The van der Waals surface area contributed by atoms with Crippen molar-refractivity contribution in [3.05, 3.63) is 0 Å². The molecule has 8 saturated carbocycles. The number of hydrogen-bond acceptors (Lipinski definition) is 5. The molecule has 0 spiro atoms. The highest BCUT2D eigenvalue weighted by Crippen LogP contribution is 2.62. The number of carbonyl (C=O) groups is 2. The predicted octanol–water partition coefficient (Wildman–Crippen LogP) is 4.98. The zero-order valence-electron chi connectivity index (χ0n) is 21.2. The molecule has 6 nitrogen and oxygen atoms in total. The number of esters is 1. The first-order valence-electron chi connectivity index (χ1n) is 14.1. The van der Waals surface area contributed by atoms with Gasteiger partial charge < -0.3 is 4.74 Å². The topological polar surface area (TPSA) is 89.5 Å². The van der Waals surface area contributed by atoms with Crippen LogP contribution < -0.4 is 4.72 Å². The molecule has 37 heavy (non-hydrogen) atoms. The molecule has 0 aromatic carbocycles. The van der Waals surface area contributed by atoms with E-state index in [9.17, 15) is 31.2 Å². The average molecular weight is 546 g/mol. The molecule has 8 rings (SSSR count). The van der Waals surface area contributed by atoms with Gasteiger partial charge in [-0.3, -0.25) is 9.59 Å². The van der Waals surface area contributed by atoms with E-state index in [1.54, 1.807) is 4.72 Å². The van der Waals surface area contributed by atoms with E-state index in [1.807, 2.05) is 0 Å². The number of hydrogen-bond donors (Lipinski definition) is 1. The van der Waals surface area contributed by atoms with Gasteiger partial charge in [-0.15, -0.1) is 0 Å². The van der Waals surface area contributed by atoms with Gasteiger partial charge in [-0.05, 0) is 113 Å². The second kappa shape index (κ2) is 8.93. The van der Waals surface area contributed by atoms with Crippen LogP contribution in [0.5, 0.6) is 0 Å². The SMILES string of the molecule is O=C(CC(CNS(=O)(=O)C(F)(F)F)COC(=O)C12CC3CC(CC(C3)C1)C2)C12CC3CC(CC(C3)C1)C2. The van der Waals surface area contributed by atoms with Crippen LogP contribution in [-0.2, 0) is 24.3 Å². The fourth-order valence-corrected chi connectivity index (χ4v) is 10.8. The highest BCUT2D eigenvalue weighted by Gasteiger charge is 2.57. The van der Waals surface area contributed by atoms with Gasteiger partial charge in [0.05, 0.1) is 12.0 Å². The molecule has 0 heterocycles. The van der Waals surface area contributed by atoms with Gasteiger partial charge in [0.1, 0.15) is 5.78 Å². The van der Waals surface area contributed by atoms with Crippen LogP contribution in [0.4, 0.5) is 13.2 Å². The van der Waals surface area contributed by atoms with E-state index in [0.717, 1.165) is 77.0 Å².